The maximum atomic E-state index is 12.9. The second-order valence-corrected chi connectivity index (χ2v) is 9.17. The maximum absolute atomic E-state index is 12.9. The van der Waals surface area contributed by atoms with Gasteiger partial charge in [0, 0.05) is 17.8 Å². The molecule has 0 saturated carbocycles. The highest BCUT2D eigenvalue weighted by atomic mass is 32.2. The number of rotatable bonds is 8. The lowest BCUT2D eigenvalue weighted by Crippen LogP contribution is -2.34. The first-order valence-electron chi connectivity index (χ1n) is 10.2. The number of benzene rings is 2. The summed E-state index contributed by atoms with van der Waals surface area (Å²) >= 11 is 0. The summed E-state index contributed by atoms with van der Waals surface area (Å²) in [7, 11) is -3.69. The van der Waals surface area contributed by atoms with Crippen molar-refractivity contribution in [3.05, 3.63) is 54.1 Å². The van der Waals surface area contributed by atoms with Crippen LogP contribution in [-0.2, 0) is 19.6 Å². The fourth-order valence-electron chi connectivity index (χ4n) is 3.13. The number of nitrogens with one attached hydrogen (secondary N) is 3. The number of anilines is 1. The average Bonchev–Trinajstić information content (AvgIpc) is 3.01. The molecule has 0 unspecified atom stereocenters. The van der Waals surface area contributed by atoms with E-state index in [4.69, 9.17) is 4.74 Å². The van der Waals surface area contributed by atoms with Crippen LogP contribution in [-0.4, -0.2) is 45.3 Å². The van der Waals surface area contributed by atoms with Gasteiger partial charge in [-0.15, -0.1) is 0 Å². The number of carbonyl (C=O) groups excluding carboxylic acids is 2. The highest BCUT2D eigenvalue weighted by Gasteiger charge is 2.32. The molecule has 0 bridgehead atoms. The number of amides is 2. The first-order valence-corrected chi connectivity index (χ1v) is 11.7. The van der Waals surface area contributed by atoms with Crippen molar-refractivity contribution in [1.82, 2.24) is 10.0 Å². The molecule has 1 atom stereocenters. The summed E-state index contributed by atoms with van der Waals surface area (Å²) < 4.78 is 32.4. The number of amidine groups is 1. The molecular weight excluding hydrogens is 432 g/mol. The third-order valence-electron chi connectivity index (χ3n) is 4.70. The van der Waals surface area contributed by atoms with Crippen LogP contribution < -0.4 is 20.1 Å². The summed E-state index contributed by atoms with van der Waals surface area (Å²) in [5, 5.41) is 5.44. The highest BCUT2D eigenvalue weighted by Crippen LogP contribution is 2.24. The SMILES string of the molecule is CCNC(=O)COc1ccc(NC(=O)[C@@H](N=C2NS(=O)(=O)c3ccccc32)C(C)C)cc1. The van der Waals surface area contributed by atoms with E-state index in [9.17, 15) is 18.0 Å². The zero-order chi connectivity index (χ0) is 23.3. The number of hydrogen-bond donors (Lipinski definition) is 3. The second-order valence-electron chi connectivity index (χ2n) is 7.52. The van der Waals surface area contributed by atoms with Crippen LogP contribution in [0.2, 0.25) is 0 Å². The van der Waals surface area contributed by atoms with Crippen LogP contribution in [0.5, 0.6) is 5.75 Å². The molecule has 1 aliphatic rings. The summed E-state index contributed by atoms with van der Waals surface area (Å²) in [4.78, 5) is 29.0. The Morgan fingerprint density at radius 2 is 1.78 bits per heavy atom. The third kappa shape index (κ3) is 5.44. The molecule has 1 aliphatic heterocycles. The smallest absolute Gasteiger partial charge is 0.263 e. The minimum absolute atomic E-state index is 0.0934. The first-order chi connectivity index (χ1) is 15.2. The van der Waals surface area contributed by atoms with Crippen LogP contribution in [0.15, 0.2) is 58.4 Å². The minimum atomic E-state index is -3.69. The fourth-order valence-corrected chi connectivity index (χ4v) is 4.37. The van der Waals surface area contributed by atoms with Gasteiger partial charge < -0.3 is 15.4 Å². The zero-order valence-electron chi connectivity index (χ0n) is 18.1. The van der Waals surface area contributed by atoms with Crippen LogP contribution in [0.25, 0.3) is 0 Å². The highest BCUT2D eigenvalue weighted by molar-refractivity contribution is 7.90. The Balaban J connectivity index is 1.72. The molecule has 3 rings (SSSR count). The summed E-state index contributed by atoms with van der Waals surface area (Å²) in [6.07, 6.45) is 0. The van der Waals surface area contributed by atoms with E-state index < -0.39 is 16.1 Å². The Morgan fingerprint density at radius 1 is 1.09 bits per heavy atom. The van der Waals surface area contributed by atoms with E-state index in [0.29, 0.717) is 23.5 Å². The number of likely N-dealkylation sites (N-methyl/N-ethyl adjacent to an activating group) is 1. The van der Waals surface area contributed by atoms with Gasteiger partial charge in [-0.3, -0.25) is 19.3 Å². The van der Waals surface area contributed by atoms with Gasteiger partial charge >= 0.3 is 0 Å². The lowest BCUT2D eigenvalue weighted by atomic mass is 10.0. The van der Waals surface area contributed by atoms with Crippen LogP contribution >= 0.6 is 0 Å². The Labute approximate surface area is 187 Å². The number of ether oxygens (including phenoxy) is 1. The molecule has 0 fully saturated rings. The van der Waals surface area contributed by atoms with E-state index in [1.807, 2.05) is 20.8 Å². The first kappa shape index (κ1) is 23.3. The number of sulfonamides is 1. The van der Waals surface area contributed by atoms with Gasteiger partial charge in [-0.2, -0.15) is 0 Å². The Morgan fingerprint density at radius 3 is 2.44 bits per heavy atom. The van der Waals surface area contributed by atoms with Crippen molar-refractivity contribution in [1.29, 1.82) is 0 Å². The number of carbonyl (C=O) groups is 2. The van der Waals surface area contributed by atoms with Gasteiger partial charge in [0.2, 0.25) is 5.91 Å². The van der Waals surface area contributed by atoms with E-state index in [1.165, 1.54) is 6.07 Å². The van der Waals surface area contributed by atoms with E-state index in [-0.39, 0.29) is 35.1 Å². The maximum Gasteiger partial charge on any atom is 0.263 e. The predicted octanol–water partition coefficient (Wildman–Crippen LogP) is 1.90. The van der Waals surface area contributed by atoms with E-state index in [1.54, 1.807) is 42.5 Å². The van der Waals surface area contributed by atoms with Crippen LogP contribution in [0, 0.1) is 5.92 Å². The van der Waals surface area contributed by atoms with E-state index in [0.717, 1.165) is 0 Å². The van der Waals surface area contributed by atoms with Crippen molar-refractivity contribution in [2.75, 3.05) is 18.5 Å². The lowest BCUT2D eigenvalue weighted by molar-refractivity contribution is -0.123. The minimum Gasteiger partial charge on any atom is -0.484 e. The van der Waals surface area contributed by atoms with Gasteiger partial charge in [-0.05, 0) is 49.2 Å². The zero-order valence-corrected chi connectivity index (χ0v) is 18.9. The van der Waals surface area contributed by atoms with Gasteiger partial charge in [0.15, 0.2) is 6.61 Å². The topological polar surface area (TPSA) is 126 Å². The average molecular weight is 459 g/mol. The fraction of sp³-hybridized carbons (Fsp3) is 0.318. The molecule has 170 valence electrons. The molecule has 2 aromatic carbocycles. The normalized spacial score (nSPS) is 16.2. The third-order valence-corrected chi connectivity index (χ3v) is 6.09. The number of fused-ring (bicyclic) bond motifs is 1. The summed E-state index contributed by atoms with van der Waals surface area (Å²) in [5.41, 5.74) is 0.971. The Kier molecular flexibility index (Phi) is 7.14. The molecule has 3 N–H and O–H groups in total. The quantitative estimate of drug-likeness (QED) is 0.557. The van der Waals surface area contributed by atoms with Crippen molar-refractivity contribution in [3.63, 3.8) is 0 Å². The van der Waals surface area contributed by atoms with Crippen molar-refractivity contribution < 1.29 is 22.7 Å². The van der Waals surface area contributed by atoms with Gasteiger partial charge in [-0.25, -0.2) is 8.42 Å². The molecule has 2 amide bonds. The van der Waals surface area contributed by atoms with E-state index >= 15 is 0 Å². The van der Waals surface area contributed by atoms with Crippen molar-refractivity contribution in [2.24, 2.45) is 10.9 Å². The number of nitrogens with zero attached hydrogens (tertiary/aromatic N) is 1. The predicted molar refractivity (Wildman–Crippen MR) is 121 cm³/mol. The number of aliphatic imine (C=N–C) groups is 1. The summed E-state index contributed by atoms with van der Waals surface area (Å²) in [6, 6.07) is 12.3. The molecule has 32 heavy (non-hydrogen) atoms. The molecule has 2 aromatic rings. The molecule has 0 spiro atoms. The molecule has 0 aromatic heterocycles. The van der Waals surface area contributed by atoms with Gasteiger partial charge in [0.25, 0.3) is 15.9 Å². The second kappa shape index (κ2) is 9.82. The molecular formula is C22H26N4O5S. The molecule has 1 heterocycles. The molecule has 0 radical (unpaired) electrons. The van der Waals surface area contributed by atoms with Crippen molar-refractivity contribution >= 4 is 33.4 Å². The van der Waals surface area contributed by atoms with Gasteiger partial charge in [0.1, 0.15) is 17.6 Å². The largest absolute Gasteiger partial charge is 0.484 e. The van der Waals surface area contributed by atoms with Crippen LogP contribution in [0.3, 0.4) is 0 Å². The van der Waals surface area contributed by atoms with Crippen molar-refractivity contribution in [3.8, 4) is 5.75 Å². The van der Waals surface area contributed by atoms with Crippen LogP contribution in [0.1, 0.15) is 26.3 Å². The van der Waals surface area contributed by atoms with Crippen LogP contribution in [0.4, 0.5) is 5.69 Å². The Bertz CT molecular complexity index is 1130. The molecule has 10 heteroatoms. The number of hydrogen-bond acceptors (Lipinski definition) is 6. The summed E-state index contributed by atoms with van der Waals surface area (Å²) in [5.74, 6) is -0.116. The lowest BCUT2D eigenvalue weighted by Gasteiger charge is -2.17. The standard InChI is InChI=1S/C22H26N4O5S/c1-4-23-19(27)13-31-16-11-9-15(10-12-16)24-22(28)20(14(2)3)25-21-17-7-5-6-8-18(17)32(29,30)26-21/h5-12,14,20H,4,13H2,1-3H3,(H,23,27)(H,24,28)(H,25,26)/t20-/m0/s1. The van der Waals surface area contributed by atoms with E-state index in [2.05, 4.69) is 20.3 Å². The Hall–Kier alpha value is -3.40. The van der Waals surface area contributed by atoms with Gasteiger partial charge in [0.05, 0.1) is 4.90 Å². The molecule has 0 saturated heterocycles. The van der Waals surface area contributed by atoms with Gasteiger partial charge in [-0.1, -0.05) is 26.0 Å². The summed E-state index contributed by atoms with van der Waals surface area (Å²) in [6.45, 7) is 5.93. The monoisotopic (exact) mass is 458 g/mol. The molecule has 0 aliphatic carbocycles. The molecule has 9 nitrogen and oxygen atoms in total. The van der Waals surface area contributed by atoms with Crippen molar-refractivity contribution in [2.45, 2.75) is 31.7 Å².